The van der Waals surface area contributed by atoms with Gasteiger partial charge in [-0.3, -0.25) is 9.59 Å². The Hall–Kier alpha value is -2.88. The quantitative estimate of drug-likeness (QED) is 0.787. The lowest BCUT2D eigenvalue weighted by Crippen LogP contribution is -2.38. The van der Waals surface area contributed by atoms with Crippen LogP contribution in [0.15, 0.2) is 59.4 Å². The van der Waals surface area contributed by atoms with Crippen LogP contribution in [0.25, 0.3) is 10.9 Å². The number of hydrogen-bond acceptors (Lipinski definition) is 2. The van der Waals surface area contributed by atoms with E-state index < -0.39 is 0 Å². The van der Waals surface area contributed by atoms with Crippen LogP contribution in [0.3, 0.4) is 0 Å². The van der Waals surface area contributed by atoms with Crippen molar-refractivity contribution in [3.63, 3.8) is 0 Å². The number of H-pyrrole nitrogens is 1. The number of fused-ring (bicyclic) bond motifs is 1. The zero-order valence-corrected chi connectivity index (χ0v) is 14.7. The maximum absolute atomic E-state index is 12.8. The van der Waals surface area contributed by atoms with E-state index in [9.17, 15) is 9.59 Å². The highest BCUT2D eigenvalue weighted by Gasteiger charge is 2.20. The van der Waals surface area contributed by atoms with Crippen molar-refractivity contribution in [1.29, 1.82) is 0 Å². The highest BCUT2D eigenvalue weighted by atomic mass is 16.2. The minimum Gasteiger partial charge on any atom is -0.332 e. The molecule has 0 spiro atoms. The van der Waals surface area contributed by atoms with E-state index in [1.54, 1.807) is 17.0 Å². The van der Waals surface area contributed by atoms with Crippen molar-refractivity contribution in [3.05, 3.63) is 81.6 Å². The molecule has 25 heavy (non-hydrogen) atoms. The first-order valence-electron chi connectivity index (χ1n) is 8.44. The molecule has 0 fully saturated rings. The number of aryl methyl sites for hydroxylation is 1. The number of rotatable bonds is 4. The van der Waals surface area contributed by atoms with Crippen LogP contribution < -0.4 is 5.56 Å². The third kappa shape index (κ3) is 3.63. The van der Waals surface area contributed by atoms with Gasteiger partial charge in [-0.2, -0.15) is 0 Å². The second-order valence-electron chi connectivity index (χ2n) is 6.61. The van der Waals surface area contributed by atoms with Gasteiger partial charge < -0.3 is 9.88 Å². The molecule has 3 rings (SSSR count). The van der Waals surface area contributed by atoms with Crippen molar-refractivity contribution < 1.29 is 4.79 Å². The lowest BCUT2D eigenvalue weighted by atomic mass is 10.1. The minimum absolute atomic E-state index is 0.0136. The summed E-state index contributed by atoms with van der Waals surface area (Å²) in [6, 6.07) is 16.9. The smallest absolute Gasteiger partial charge is 0.254 e. The molecule has 0 radical (unpaired) electrons. The number of pyridine rings is 1. The number of nitrogens with zero attached hydrogens (tertiary/aromatic N) is 1. The number of nitrogens with one attached hydrogen (secondary N) is 1. The number of aromatic amines is 1. The van der Waals surface area contributed by atoms with Gasteiger partial charge in [0.05, 0.1) is 6.54 Å². The number of aromatic nitrogens is 1. The standard InChI is InChI=1S/C21H22N2O2/c1-14(2)23(21(25)16-7-5-4-6-8-16)13-18-12-17-11-15(3)9-10-19(17)22-20(18)24/h4-12,14H,13H2,1-3H3,(H,22,24). The first-order chi connectivity index (χ1) is 12.0. The van der Waals surface area contributed by atoms with Crippen LogP contribution in [0.2, 0.25) is 0 Å². The van der Waals surface area contributed by atoms with Crippen molar-refractivity contribution in [2.75, 3.05) is 0 Å². The summed E-state index contributed by atoms with van der Waals surface area (Å²) in [6.45, 7) is 6.22. The Morgan fingerprint density at radius 3 is 2.48 bits per heavy atom. The molecule has 0 aliphatic heterocycles. The highest BCUT2D eigenvalue weighted by molar-refractivity contribution is 5.94. The fourth-order valence-corrected chi connectivity index (χ4v) is 2.91. The Labute approximate surface area is 147 Å². The molecule has 0 unspecified atom stereocenters. The molecule has 4 nitrogen and oxygen atoms in total. The number of carbonyl (C=O) groups excluding carboxylic acids is 1. The second kappa shape index (κ2) is 6.93. The van der Waals surface area contributed by atoms with Crippen LogP contribution in [0.4, 0.5) is 0 Å². The summed E-state index contributed by atoms with van der Waals surface area (Å²) in [7, 11) is 0. The summed E-state index contributed by atoms with van der Waals surface area (Å²) in [5, 5.41) is 0.977. The van der Waals surface area contributed by atoms with E-state index in [0.717, 1.165) is 16.5 Å². The zero-order valence-electron chi connectivity index (χ0n) is 14.7. The zero-order chi connectivity index (χ0) is 18.0. The van der Waals surface area contributed by atoms with Crippen molar-refractivity contribution >= 4 is 16.8 Å². The molecule has 4 heteroatoms. The summed E-state index contributed by atoms with van der Waals surface area (Å²) in [5.74, 6) is -0.0701. The Bertz CT molecular complexity index is 959. The number of amides is 1. The Morgan fingerprint density at radius 2 is 1.80 bits per heavy atom. The molecule has 0 bridgehead atoms. The van der Waals surface area contributed by atoms with Gasteiger partial charge in [-0.1, -0.05) is 29.8 Å². The van der Waals surface area contributed by atoms with E-state index in [-0.39, 0.29) is 24.1 Å². The average molecular weight is 334 g/mol. The van der Waals surface area contributed by atoms with Gasteiger partial charge in [0.2, 0.25) is 0 Å². The molecule has 0 saturated carbocycles. The van der Waals surface area contributed by atoms with Crippen molar-refractivity contribution in [3.8, 4) is 0 Å². The molecule has 128 valence electrons. The number of benzene rings is 2. The molecule has 1 aromatic heterocycles. The van der Waals surface area contributed by atoms with E-state index in [2.05, 4.69) is 4.98 Å². The van der Waals surface area contributed by atoms with Crippen LogP contribution in [0, 0.1) is 6.92 Å². The van der Waals surface area contributed by atoms with Crippen LogP contribution in [0.5, 0.6) is 0 Å². The van der Waals surface area contributed by atoms with Crippen LogP contribution in [-0.4, -0.2) is 21.8 Å². The van der Waals surface area contributed by atoms with Crippen LogP contribution in [-0.2, 0) is 6.54 Å². The Morgan fingerprint density at radius 1 is 1.08 bits per heavy atom. The topological polar surface area (TPSA) is 53.2 Å². The van der Waals surface area contributed by atoms with Gasteiger partial charge in [-0.15, -0.1) is 0 Å². The number of carbonyl (C=O) groups is 1. The molecule has 1 N–H and O–H groups in total. The van der Waals surface area contributed by atoms with Crippen molar-refractivity contribution in [2.24, 2.45) is 0 Å². The predicted molar refractivity (Wildman–Crippen MR) is 101 cm³/mol. The van der Waals surface area contributed by atoms with Gasteiger partial charge in [0.1, 0.15) is 0 Å². The predicted octanol–water partition coefficient (Wildman–Crippen LogP) is 3.89. The van der Waals surface area contributed by atoms with Gasteiger partial charge in [-0.25, -0.2) is 0 Å². The van der Waals surface area contributed by atoms with Gasteiger partial charge >= 0.3 is 0 Å². The molecule has 0 atom stereocenters. The first kappa shape index (κ1) is 17.0. The Kier molecular flexibility index (Phi) is 4.70. The molecule has 3 aromatic rings. The molecular formula is C21H22N2O2. The first-order valence-corrected chi connectivity index (χ1v) is 8.44. The molecule has 1 amide bonds. The van der Waals surface area contributed by atoms with E-state index in [1.165, 1.54) is 0 Å². The van der Waals surface area contributed by atoms with Crippen molar-refractivity contribution in [2.45, 2.75) is 33.4 Å². The molecule has 2 aromatic carbocycles. The largest absolute Gasteiger partial charge is 0.332 e. The lowest BCUT2D eigenvalue weighted by molar-refractivity contribution is 0.0689. The molecular weight excluding hydrogens is 312 g/mol. The molecule has 0 aliphatic rings. The number of hydrogen-bond donors (Lipinski definition) is 1. The summed E-state index contributed by atoms with van der Waals surface area (Å²) in [4.78, 5) is 29.9. The second-order valence-corrected chi connectivity index (χ2v) is 6.61. The fourth-order valence-electron chi connectivity index (χ4n) is 2.91. The minimum atomic E-state index is -0.150. The van der Waals surface area contributed by atoms with Crippen LogP contribution >= 0.6 is 0 Å². The van der Waals surface area contributed by atoms with E-state index in [4.69, 9.17) is 0 Å². The maximum Gasteiger partial charge on any atom is 0.254 e. The van der Waals surface area contributed by atoms with E-state index in [0.29, 0.717) is 11.1 Å². The average Bonchev–Trinajstić information content (AvgIpc) is 2.60. The molecule has 1 heterocycles. The van der Waals surface area contributed by atoms with E-state index >= 15 is 0 Å². The summed E-state index contributed by atoms with van der Waals surface area (Å²) in [6.07, 6.45) is 0. The molecule has 0 aliphatic carbocycles. The molecule has 0 saturated heterocycles. The summed E-state index contributed by atoms with van der Waals surface area (Å²) < 4.78 is 0. The monoisotopic (exact) mass is 334 g/mol. The summed E-state index contributed by atoms with van der Waals surface area (Å²) in [5.41, 5.74) is 3.01. The van der Waals surface area contributed by atoms with Gasteiger partial charge in [0.15, 0.2) is 0 Å². The Balaban J connectivity index is 1.97. The van der Waals surface area contributed by atoms with Gasteiger partial charge in [0, 0.05) is 22.7 Å². The van der Waals surface area contributed by atoms with Crippen molar-refractivity contribution in [1.82, 2.24) is 9.88 Å². The third-order valence-electron chi connectivity index (χ3n) is 4.32. The van der Waals surface area contributed by atoms with Crippen LogP contribution in [0.1, 0.15) is 35.3 Å². The highest BCUT2D eigenvalue weighted by Crippen LogP contribution is 2.16. The van der Waals surface area contributed by atoms with E-state index in [1.807, 2.05) is 63.2 Å². The normalized spacial score (nSPS) is 11.0. The lowest BCUT2D eigenvalue weighted by Gasteiger charge is -2.26. The SMILES string of the molecule is Cc1ccc2[nH]c(=O)c(CN(C(=O)c3ccccc3)C(C)C)cc2c1. The fraction of sp³-hybridized carbons (Fsp3) is 0.238. The van der Waals surface area contributed by atoms with Gasteiger partial charge in [-0.05, 0) is 56.5 Å². The third-order valence-corrected chi connectivity index (χ3v) is 4.32. The van der Waals surface area contributed by atoms with Gasteiger partial charge in [0.25, 0.3) is 11.5 Å². The maximum atomic E-state index is 12.8. The summed E-state index contributed by atoms with van der Waals surface area (Å²) >= 11 is 0.